The molecule has 42 heavy (non-hydrogen) atoms. The Morgan fingerprint density at radius 3 is 1.45 bits per heavy atom. The molecule has 0 aromatic carbocycles. The van der Waals surface area contributed by atoms with Crippen LogP contribution in [-0.4, -0.2) is 86.1 Å². The maximum absolute atomic E-state index is 10.7. The molecule has 0 N–H and O–H groups in total. The molecule has 0 spiro atoms. The van der Waals surface area contributed by atoms with Crippen molar-refractivity contribution >= 4 is 10.4 Å². The molecule has 0 saturated heterocycles. The largest absolute Gasteiger partial charge is 1.00 e. The second kappa shape index (κ2) is 35.5. The van der Waals surface area contributed by atoms with Crippen LogP contribution in [0.2, 0.25) is 0 Å². The molecule has 0 aromatic rings. The summed E-state index contributed by atoms with van der Waals surface area (Å²) in [7, 11) is -3.09. The molecule has 0 radical (unpaired) electrons. The Morgan fingerprint density at radius 2 is 0.929 bits per heavy atom. The molecule has 0 aromatic heterocycles. The van der Waals surface area contributed by atoms with Crippen molar-refractivity contribution in [3.8, 4) is 0 Å². The van der Waals surface area contributed by atoms with Crippen molar-refractivity contribution in [3.63, 3.8) is 0 Å². The summed E-state index contributed by atoms with van der Waals surface area (Å²) < 4.78 is 65.3. The molecule has 1 atom stereocenters. The van der Waals surface area contributed by atoms with E-state index in [2.05, 4.69) is 18.0 Å². The van der Waals surface area contributed by atoms with Gasteiger partial charge in [-0.1, -0.05) is 90.9 Å². The Labute approximate surface area is 303 Å². The van der Waals surface area contributed by atoms with Gasteiger partial charge in [-0.25, -0.2) is 8.42 Å². The third kappa shape index (κ3) is 34.5. The minimum atomic E-state index is -4.73. The van der Waals surface area contributed by atoms with Crippen molar-refractivity contribution in [2.24, 2.45) is 5.41 Å². The fourth-order valence-corrected chi connectivity index (χ4v) is 4.77. The Morgan fingerprint density at radius 1 is 0.524 bits per heavy atom. The van der Waals surface area contributed by atoms with Gasteiger partial charge in [0.05, 0.1) is 46.2 Å². The second-order valence-corrected chi connectivity index (χ2v) is 11.9. The van der Waals surface area contributed by atoms with Gasteiger partial charge >= 0.3 is 59.1 Å². The van der Waals surface area contributed by atoms with Gasteiger partial charge in [0.1, 0.15) is 0 Å². The van der Waals surface area contributed by atoms with Crippen LogP contribution in [0.1, 0.15) is 117 Å². The van der Waals surface area contributed by atoms with E-state index >= 15 is 0 Å². The summed E-state index contributed by atoms with van der Waals surface area (Å²) in [4.78, 5) is 0. The van der Waals surface area contributed by atoms with E-state index in [9.17, 15) is 13.0 Å². The van der Waals surface area contributed by atoms with E-state index in [1.165, 1.54) is 57.8 Å². The van der Waals surface area contributed by atoms with Crippen LogP contribution in [0, 0.1) is 5.41 Å². The van der Waals surface area contributed by atoms with Gasteiger partial charge in [-0.05, 0) is 25.7 Å². The Bertz CT molecular complexity index is 604. The van der Waals surface area contributed by atoms with Gasteiger partial charge in [0, 0.05) is 32.3 Å². The van der Waals surface area contributed by atoms with Gasteiger partial charge in [-0.3, -0.25) is 4.18 Å². The van der Waals surface area contributed by atoms with Crippen molar-refractivity contribution in [1.29, 1.82) is 0 Å². The molecule has 0 saturated carbocycles. The summed E-state index contributed by atoms with van der Waals surface area (Å²) in [6.45, 7) is 8.75. The van der Waals surface area contributed by atoms with Crippen LogP contribution in [0.25, 0.3) is 0 Å². The molecule has 0 aliphatic heterocycles. The first kappa shape index (κ1) is 48.1. The smallest absolute Gasteiger partial charge is 0.726 e. The van der Waals surface area contributed by atoms with Crippen molar-refractivity contribution < 1.29 is 100.0 Å². The summed E-state index contributed by atoms with van der Waals surface area (Å²) in [6, 6.07) is 0. The predicted molar refractivity (Wildman–Crippen MR) is 158 cm³/mol. The summed E-state index contributed by atoms with van der Waals surface area (Å²) in [6.07, 6.45) is 18.6. The van der Waals surface area contributed by atoms with Gasteiger partial charge in [-0.15, -0.1) is 0 Å². The van der Waals surface area contributed by atoms with Crippen LogP contribution in [-0.2, 0) is 38.3 Å². The van der Waals surface area contributed by atoms with Gasteiger partial charge in [0.15, 0.2) is 0 Å². The third-order valence-electron chi connectivity index (χ3n) is 6.89. The molecule has 0 aliphatic carbocycles. The predicted octanol–water partition coefficient (Wildman–Crippen LogP) is 0.452. The molecule has 0 bridgehead atoms. The second-order valence-electron chi connectivity index (χ2n) is 10.8. The van der Waals surface area contributed by atoms with E-state index in [4.69, 9.17) is 23.7 Å². The molecule has 0 fully saturated rings. The molecule has 0 rings (SSSR count). The number of ether oxygens (including phenoxy) is 5. The molecule has 0 unspecified atom stereocenters. The van der Waals surface area contributed by atoms with Crippen molar-refractivity contribution in [2.45, 2.75) is 117 Å². The van der Waals surface area contributed by atoms with Crippen LogP contribution < -0.4 is 59.1 Å². The van der Waals surface area contributed by atoms with E-state index in [1.807, 2.05) is 0 Å². The monoisotopic (exact) mass is 643 g/mol. The summed E-state index contributed by atoms with van der Waals surface area (Å²) in [5, 5.41) is 0. The quantitative estimate of drug-likeness (QED) is 0.0436. The zero-order valence-corrected chi connectivity index (χ0v) is 32.8. The summed E-state index contributed by atoms with van der Waals surface area (Å²) in [5.74, 6) is 0. The minimum absolute atomic E-state index is 0. The normalized spacial score (nSPS) is 13.0. The number of hydrogen-bond acceptors (Lipinski definition) is 9. The van der Waals surface area contributed by atoms with Crippen molar-refractivity contribution in [3.05, 3.63) is 0 Å². The fourth-order valence-electron chi connectivity index (χ4n) is 4.50. The Kier molecular flexibility index (Phi) is 40.7. The van der Waals surface area contributed by atoms with E-state index < -0.39 is 10.4 Å². The van der Waals surface area contributed by atoms with Gasteiger partial charge in [0.2, 0.25) is 10.4 Å². The maximum Gasteiger partial charge on any atom is 1.00 e. The van der Waals surface area contributed by atoms with Gasteiger partial charge < -0.3 is 28.2 Å². The minimum Gasteiger partial charge on any atom is -0.726 e. The number of methoxy groups -OCH3 is 1. The van der Waals surface area contributed by atoms with Gasteiger partial charge in [-0.2, -0.15) is 0 Å². The first-order valence-electron chi connectivity index (χ1n) is 15.8. The van der Waals surface area contributed by atoms with Crippen LogP contribution in [0.4, 0.5) is 0 Å². The van der Waals surface area contributed by atoms with Crippen LogP contribution in [0.15, 0.2) is 0 Å². The van der Waals surface area contributed by atoms with Crippen molar-refractivity contribution in [1.82, 2.24) is 0 Å². The van der Waals surface area contributed by atoms with E-state index in [-0.39, 0.29) is 77.7 Å². The molecule has 9 nitrogen and oxygen atoms in total. The molecule has 0 aliphatic rings. The summed E-state index contributed by atoms with van der Waals surface area (Å²) >= 11 is 0. The molecular formula is C30H61Na2O9S+. The SMILES string of the molecule is CCCCCCCCCCOC[C@](CCCCCCOCCCCC)(COCCOC)COCCOS(=O)(=O)[O-].[Na+].[Na+]. The van der Waals surface area contributed by atoms with Gasteiger partial charge in [0.25, 0.3) is 0 Å². The van der Waals surface area contributed by atoms with Crippen LogP contribution in [0.3, 0.4) is 0 Å². The Hall–Kier alpha value is 1.67. The zero-order valence-electron chi connectivity index (χ0n) is 28.0. The van der Waals surface area contributed by atoms with Crippen molar-refractivity contribution in [2.75, 3.05) is 73.2 Å². The Balaban J connectivity index is -0.00000760. The molecule has 12 heteroatoms. The molecule has 242 valence electrons. The molecule has 0 heterocycles. The average molecular weight is 644 g/mol. The summed E-state index contributed by atoms with van der Waals surface area (Å²) in [5.41, 5.74) is -0.374. The third-order valence-corrected chi connectivity index (χ3v) is 7.35. The fraction of sp³-hybridized carbons (Fsp3) is 1.00. The van der Waals surface area contributed by atoms with Crippen LogP contribution in [0.5, 0.6) is 0 Å². The molecule has 0 amide bonds. The number of unbranched alkanes of at least 4 members (excludes halogenated alkanes) is 12. The number of rotatable bonds is 33. The van der Waals surface area contributed by atoms with E-state index in [0.717, 1.165) is 58.2 Å². The van der Waals surface area contributed by atoms with Crippen LogP contribution >= 0.6 is 0 Å². The average Bonchev–Trinajstić information content (AvgIpc) is 2.92. The maximum atomic E-state index is 10.7. The topological polar surface area (TPSA) is 113 Å². The van der Waals surface area contributed by atoms with E-state index in [0.29, 0.717) is 39.6 Å². The first-order chi connectivity index (χ1) is 19.4. The number of hydrogen-bond donors (Lipinski definition) is 0. The molecular weight excluding hydrogens is 582 g/mol. The van der Waals surface area contributed by atoms with E-state index in [1.54, 1.807) is 7.11 Å². The zero-order chi connectivity index (χ0) is 29.6. The first-order valence-corrected chi connectivity index (χ1v) is 17.1. The standard InChI is InChI=1S/C30H62O9S.2Na/c1-4-6-8-9-10-11-13-18-22-36-27-30(28-37-24-23-34-3,29-38-25-26-39-40(31,32)33)19-15-12-14-17-21-35-20-16-7-5-2;;/h4-29H2,1-3H3,(H,31,32,33);;/q;2*+1/p-1/t30-;;/m1../s1.